The minimum atomic E-state index is 0.639. The third kappa shape index (κ3) is 4.48. The highest BCUT2D eigenvalue weighted by molar-refractivity contribution is 7.22. The standard InChI is InChI=1S/C41H26N4S/c1-2-13-27(14-3-1)28-16-12-17-30(25-28)39-42-40(44-41(43-39)38-26-29-15-4-11-24-37(29)46-38)33-20-7-10-23-36(33)45-34-21-8-5-18-31(34)32-19-6-9-22-35(32)45/h1-26H. The van der Waals surface area contributed by atoms with E-state index in [2.05, 4.69) is 156 Å². The highest BCUT2D eigenvalue weighted by atomic mass is 32.1. The number of fused-ring (bicyclic) bond motifs is 4. The van der Waals surface area contributed by atoms with Crippen molar-refractivity contribution in [2.24, 2.45) is 0 Å². The zero-order valence-corrected chi connectivity index (χ0v) is 25.5. The number of hydrogen-bond donors (Lipinski definition) is 0. The lowest BCUT2D eigenvalue weighted by atomic mass is 10.0. The van der Waals surface area contributed by atoms with Crippen LogP contribution >= 0.6 is 11.3 Å². The maximum Gasteiger partial charge on any atom is 0.174 e. The molecule has 9 rings (SSSR count). The van der Waals surface area contributed by atoms with Crippen LogP contribution in [0, 0.1) is 0 Å². The molecule has 46 heavy (non-hydrogen) atoms. The first kappa shape index (κ1) is 26.5. The van der Waals surface area contributed by atoms with Gasteiger partial charge < -0.3 is 4.57 Å². The van der Waals surface area contributed by atoms with E-state index in [4.69, 9.17) is 15.0 Å². The molecule has 0 aliphatic heterocycles. The van der Waals surface area contributed by atoms with Gasteiger partial charge >= 0.3 is 0 Å². The van der Waals surface area contributed by atoms with E-state index in [0.29, 0.717) is 17.5 Å². The number of para-hydroxylation sites is 3. The van der Waals surface area contributed by atoms with E-state index >= 15 is 0 Å². The van der Waals surface area contributed by atoms with Gasteiger partial charge in [0.25, 0.3) is 0 Å². The molecule has 0 bridgehead atoms. The predicted octanol–water partition coefficient (Wildman–Crippen LogP) is 10.9. The topological polar surface area (TPSA) is 43.6 Å². The number of aromatic nitrogens is 4. The molecule has 3 aromatic heterocycles. The molecule has 0 aliphatic carbocycles. The molecule has 6 aromatic carbocycles. The minimum absolute atomic E-state index is 0.639. The normalized spacial score (nSPS) is 11.5. The zero-order valence-electron chi connectivity index (χ0n) is 24.7. The molecular weight excluding hydrogens is 581 g/mol. The number of rotatable bonds is 5. The van der Waals surface area contributed by atoms with Gasteiger partial charge in [-0.25, -0.2) is 15.0 Å². The Labute approximate surface area is 269 Å². The van der Waals surface area contributed by atoms with Gasteiger partial charge in [-0.15, -0.1) is 11.3 Å². The second-order valence-corrected chi connectivity index (χ2v) is 12.4. The molecule has 4 nitrogen and oxygen atoms in total. The molecule has 0 atom stereocenters. The minimum Gasteiger partial charge on any atom is -0.309 e. The van der Waals surface area contributed by atoms with Crippen LogP contribution in [-0.4, -0.2) is 19.5 Å². The summed E-state index contributed by atoms with van der Waals surface area (Å²) in [5, 5.41) is 3.61. The van der Waals surface area contributed by atoms with E-state index in [9.17, 15) is 0 Å². The van der Waals surface area contributed by atoms with Crippen LogP contribution in [0.1, 0.15) is 0 Å². The SMILES string of the molecule is c1ccc(-c2cccc(-c3nc(-c4cc5ccccc5s4)nc(-c4ccccc4-n4c5ccccc5c5ccccc54)n3)c2)cc1. The summed E-state index contributed by atoms with van der Waals surface area (Å²) in [5.74, 6) is 1.95. The second-order valence-electron chi connectivity index (χ2n) is 11.3. The smallest absolute Gasteiger partial charge is 0.174 e. The molecular formula is C41H26N4S. The molecule has 5 heteroatoms. The number of thiophene rings is 1. The molecule has 0 radical (unpaired) electrons. The Kier molecular flexibility index (Phi) is 6.28. The van der Waals surface area contributed by atoms with Gasteiger partial charge in [-0.2, -0.15) is 0 Å². The Balaban J connectivity index is 1.29. The van der Waals surface area contributed by atoms with E-state index in [1.165, 1.54) is 20.9 Å². The van der Waals surface area contributed by atoms with E-state index in [1.54, 1.807) is 11.3 Å². The molecule has 0 aliphatic rings. The molecule has 0 saturated heterocycles. The van der Waals surface area contributed by atoms with Crippen LogP contribution in [-0.2, 0) is 0 Å². The lowest BCUT2D eigenvalue weighted by Crippen LogP contribution is -2.03. The third-order valence-electron chi connectivity index (χ3n) is 8.48. The fraction of sp³-hybridized carbons (Fsp3) is 0. The first-order valence-electron chi connectivity index (χ1n) is 15.3. The van der Waals surface area contributed by atoms with Crippen molar-refractivity contribution in [1.29, 1.82) is 0 Å². The van der Waals surface area contributed by atoms with Crippen molar-refractivity contribution in [2.75, 3.05) is 0 Å². The van der Waals surface area contributed by atoms with E-state index in [1.807, 2.05) is 6.07 Å². The molecule has 0 fully saturated rings. The molecule has 3 heterocycles. The quantitative estimate of drug-likeness (QED) is 0.196. The van der Waals surface area contributed by atoms with Crippen LogP contribution in [0.3, 0.4) is 0 Å². The largest absolute Gasteiger partial charge is 0.309 e. The van der Waals surface area contributed by atoms with Crippen LogP contribution in [0.2, 0.25) is 0 Å². The molecule has 9 aromatic rings. The van der Waals surface area contributed by atoms with Gasteiger partial charge in [0, 0.05) is 26.6 Å². The van der Waals surface area contributed by atoms with Crippen LogP contribution in [0.15, 0.2) is 158 Å². The van der Waals surface area contributed by atoms with E-state index < -0.39 is 0 Å². The van der Waals surface area contributed by atoms with Crippen molar-refractivity contribution in [3.63, 3.8) is 0 Å². The Morgan fingerprint density at radius 1 is 0.435 bits per heavy atom. The Morgan fingerprint density at radius 2 is 1.04 bits per heavy atom. The highest BCUT2D eigenvalue weighted by Crippen LogP contribution is 2.38. The number of benzene rings is 6. The molecule has 0 N–H and O–H groups in total. The molecule has 0 amide bonds. The monoisotopic (exact) mass is 606 g/mol. The van der Waals surface area contributed by atoms with Gasteiger partial charge in [0.15, 0.2) is 17.5 Å². The summed E-state index contributed by atoms with van der Waals surface area (Å²) < 4.78 is 3.54. The number of nitrogens with zero attached hydrogens (tertiary/aromatic N) is 4. The molecule has 0 unspecified atom stereocenters. The highest BCUT2D eigenvalue weighted by Gasteiger charge is 2.19. The van der Waals surface area contributed by atoms with Crippen molar-refractivity contribution >= 4 is 43.2 Å². The van der Waals surface area contributed by atoms with Crippen LogP contribution in [0.25, 0.3) is 82.2 Å². The Bertz CT molecular complexity index is 2460. The lowest BCUT2D eigenvalue weighted by Gasteiger charge is -2.14. The Morgan fingerprint density at radius 3 is 1.85 bits per heavy atom. The van der Waals surface area contributed by atoms with Crippen LogP contribution in [0.5, 0.6) is 0 Å². The van der Waals surface area contributed by atoms with Crippen molar-refractivity contribution in [1.82, 2.24) is 19.5 Å². The third-order valence-corrected chi connectivity index (χ3v) is 9.59. The van der Waals surface area contributed by atoms with E-state index in [-0.39, 0.29) is 0 Å². The maximum absolute atomic E-state index is 5.19. The second kappa shape index (κ2) is 10.9. The molecule has 0 spiro atoms. The summed E-state index contributed by atoms with van der Waals surface area (Å²) in [5.41, 5.74) is 7.48. The zero-order chi connectivity index (χ0) is 30.5. The molecule has 0 saturated carbocycles. The summed E-state index contributed by atoms with van der Waals surface area (Å²) in [6, 6.07) is 55.1. The van der Waals surface area contributed by atoms with E-state index in [0.717, 1.165) is 43.9 Å². The van der Waals surface area contributed by atoms with Gasteiger partial charge in [-0.3, -0.25) is 0 Å². The van der Waals surface area contributed by atoms with Crippen LogP contribution in [0.4, 0.5) is 0 Å². The Hall–Kier alpha value is -5.91. The summed E-state index contributed by atoms with van der Waals surface area (Å²) in [6.07, 6.45) is 0. The predicted molar refractivity (Wildman–Crippen MR) is 191 cm³/mol. The van der Waals surface area contributed by atoms with Crippen LogP contribution < -0.4 is 0 Å². The summed E-state index contributed by atoms with van der Waals surface area (Å²) in [6.45, 7) is 0. The first-order chi connectivity index (χ1) is 22.8. The number of hydrogen-bond acceptors (Lipinski definition) is 4. The van der Waals surface area contributed by atoms with Gasteiger partial charge in [0.05, 0.1) is 21.6 Å². The summed E-state index contributed by atoms with van der Waals surface area (Å²) in [7, 11) is 0. The fourth-order valence-electron chi connectivity index (χ4n) is 6.34. The van der Waals surface area contributed by atoms with Gasteiger partial charge in [0.1, 0.15) is 0 Å². The average Bonchev–Trinajstić information content (AvgIpc) is 3.72. The average molecular weight is 607 g/mol. The van der Waals surface area contributed by atoms with Gasteiger partial charge in [-0.05, 0) is 59.0 Å². The lowest BCUT2D eigenvalue weighted by molar-refractivity contribution is 1.07. The summed E-state index contributed by atoms with van der Waals surface area (Å²) >= 11 is 1.71. The maximum atomic E-state index is 5.19. The van der Waals surface area contributed by atoms with Crippen molar-refractivity contribution in [3.05, 3.63) is 158 Å². The van der Waals surface area contributed by atoms with Crippen molar-refractivity contribution in [2.45, 2.75) is 0 Å². The first-order valence-corrected chi connectivity index (χ1v) is 16.1. The van der Waals surface area contributed by atoms with Crippen molar-refractivity contribution in [3.8, 4) is 50.3 Å². The van der Waals surface area contributed by atoms with Gasteiger partial charge in [0.2, 0.25) is 0 Å². The fourth-order valence-corrected chi connectivity index (χ4v) is 7.33. The van der Waals surface area contributed by atoms with Gasteiger partial charge in [-0.1, -0.05) is 115 Å². The summed E-state index contributed by atoms with van der Waals surface area (Å²) in [4.78, 5) is 16.5. The van der Waals surface area contributed by atoms with Crippen molar-refractivity contribution < 1.29 is 0 Å². The molecule has 216 valence electrons.